The van der Waals surface area contributed by atoms with Gasteiger partial charge in [0, 0.05) is 45.0 Å². The van der Waals surface area contributed by atoms with Gasteiger partial charge in [-0.2, -0.15) is 0 Å². The van der Waals surface area contributed by atoms with Gasteiger partial charge in [0.2, 0.25) is 0 Å². The first-order chi connectivity index (χ1) is 19.0. The average Bonchev–Trinajstić information content (AvgIpc) is 2.96. The van der Waals surface area contributed by atoms with Gasteiger partial charge in [-0.25, -0.2) is 0 Å². The maximum Gasteiger partial charge on any atom is 0.120 e. The lowest BCUT2D eigenvalue weighted by Gasteiger charge is -2.32. The van der Waals surface area contributed by atoms with Crippen LogP contribution in [0.3, 0.4) is 0 Å². The molecule has 0 heterocycles. The summed E-state index contributed by atoms with van der Waals surface area (Å²) in [5.74, 6) is 2.33. The number of anilines is 1. The highest BCUT2D eigenvalue weighted by Crippen LogP contribution is 2.40. The van der Waals surface area contributed by atoms with Gasteiger partial charge in [0.05, 0.1) is 20.3 Å². The van der Waals surface area contributed by atoms with E-state index in [0.29, 0.717) is 38.0 Å². The van der Waals surface area contributed by atoms with Crippen LogP contribution in [0.1, 0.15) is 34.6 Å². The van der Waals surface area contributed by atoms with Gasteiger partial charge in [0.1, 0.15) is 23.9 Å². The smallest absolute Gasteiger partial charge is 0.120 e. The maximum absolute atomic E-state index is 9.97. The molecule has 0 amide bonds. The Morgan fingerprint density at radius 2 is 1.64 bits per heavy atom. The van der Waals surface area contributed by atoms with Gasteiger partial charge in [0.15, 0.2) is 0 Å². The number of hydrogen-bond acceptors (Lipinski definition) is 7. The largest absolute Gasteiger partial charge is 0.508 e. The number of hydrogen-bond donors (Lipinski definition) is 2. The molecule has 0 radical (unpaired) electrons. The molecule has 3 aromatic carbocycles. The molecule has 210 valence electrons. The summed E-state index contributed by atoms with van der Waals surface area (Å²) >= 11 is 0. The molecular formula is C32H42N2O5. The molecule has 0 saturated carbocycles. The normalized spacial score (nSPS) is 14.7. The number of nitrogens with zero attached hydrogens (tertiary/aromatic N) is 2. The first-order valence-electron chi connectivity index (χ1n) is 13.7. The van der Waals surface area contributed by atoms with Crippen molar-refractivity contribution in [3.8, 4) is 17.2 Å². The summed E-state index contributed by atoms with van der Waals surface area (Å²) in [6.07, 6.45) is 2.87. The monoisotopic (exact) mass is 534 g/mol. The molecule has 4 rings (SSSR count). The number of benzene rings is 3. The lowest BCUT2D eigenvalue weighted by atomic mass is 9.79. The number of aryl methyl sites for hydroxylation is 1. The van der Waals surface area contributed by atoms with Crippen molar-refractivity contribution in [2.45, 2.75) is 31.7 Å². The molecule has 1 aliphatic rings. The van der Waals surface area contributed by atoms with E-state index in [9.17, 15) is 10.2 Å². The predicted molar refractivity (Wildman–Crippen MR) is 155 cm³/mol. The van der Waals surface area contributed by atoms with Crippen molar-refractivity contribution in [1.29, 1.82) is 0 Å². The lowest BCUT2D eigenvalue weighted by Crippen LogP contribution is -2.28. The van der Waals surface area contributed by atoms with Crippen LogP contribution in [0, 0.1) is 0 Å². The number of rotatable bonds is 14. The van der Waals surface area contributed by atoms with Crippen molar-refractivity contribution in [3.05, 3.63) is 82.9 Å². The van der Waals surface area contributed by atoms with E-state index in [1.165, 1.54) is 16.7 Å². The van der Waals surface area contributed by atoms with Gasteiger partial charge in [0.25, 0.3) is 0 Å². The Balaban J connectivity index is 1.48. The highest BCUT2D eigenvalue weighted by atomic mass is 16.5. The summed E-state index contributed by atoms with van der Waals surface area (Å²) in [5.41, 5.74) is 6.03. The van der Waals surface area contributed by atoms with E-state index in [1.54, 1.807) is 20.3 Å². The number of fused-ring (bicyclic) bond motifs is 1. The molecule has 0 bridgehead atoms. The van der Waals surface area contributed by atoms with Gasteiger partial charge < -0.3 is 34.2 Å². The topological polar surface area (TPSA) is 74.6 Å². The quantitative estimate of drug-likeness (QED) is 0.312. The average molecular weight is 535 g/mol. The van der Waals surface area contributed by atoms with Crippen molar-refractivity contribution in [2.24, 2.45) is 0 Å². The standard InChI is InChI=1S/C32H42N2O5/c1-33(15-18-37-2)16-19-39-29-10-4-24(5-11-29)23-34(14-17-35)32-22-30(38-3)12-13-31(32)27-7-6-26-21-28(36)9-8-25(26)20-27/h4-5,8-13,21-22,27,35-36H,6-7,14-20,23H2,1-3H3/t27-/m1/s1. The summed E-state index contributed by atoms with van der Waals surface area (Å²) in [6.45, 7) is 4.28. The van der Waals surface area contributed by atoms with E-state index in [2.05, 4.69) is 41.1 Å². The minimum atomic E-state index is 0.0568. The predicted octanol–water partition coefficient (Wildman–Crippen LogP) is 4.63. The Morgan fingerprint density at radius 1 is 0.872 bits per heavy atom. The van der Waals surface area contributed by atoms with Gasteiger partial charge in [-0.3, -0.25) is 0 Å². The number of phenolic OH excluding ortho intramolecular Hbond substituents is 1. The van der Waals surface area contributed by atoms with Crippen LogP contribution in [0.25, 0.3) is 0 Å². The Labute approximate surface area is 232 Å². The fourth-order valence-electron chi connectivity index (χ4n) is 5.27. The number of aliphatic hydroxyl groups is 1. The van der Waals surface area contributed by atoms with Crippen LogP contribution >= 0.6 is 0 Å². The second kappa shape index (κ2) is 14.2. The molecule has 0 fully saturated rings. The first-order valence-corrected chi connectivity index (χ1v) is 13.7. The number of likely N-dealkylation sites (N-methyl/N-ethyl adjacent to an activating group) is 1. The lowest BCUT2D eigenvalue weighted by molar-refractivity contribution is 0.150. The first kappa shape index (κ1) is 28.7. The summed E-state index contributed by atoms with van der Waals surface area (Å²) in [7, 11) is 5.46. The molecule has 1 atom stereocenters. The third-order valence-corrected chi connectivity index (χ3v) is 7.52. The Hall–Kier alpha value is -3.26. The third kappa shape index (κ3) is 7.88. The molecule has 0 aliphatic heterocycles. The van der Waals surface area contributed by atoms with Gasteiger partial charge >= 0.3 is 0 Å². The van der Waals surface area contributed by atoms with E-state index in [0.717, 1.165) is 55.1 Å². The summed E-state index contributed by atoms with van der Waals surface area (Å²) in [5, 5.41) is 19.9. The molecule has 3 aromatic rings. The van der Waals surface area contributed by atoms with Crippen molar-refractivity contribution >= 4 is 5.69 Å². The fourth-order valence-corrected chi connectivity index (χ4v) is 5.27. The number of aromatic hydroxyl groups is 1. The molecule has 0 aromatic heterocycles. The second-order valence-corrected chi connectivity index (χ2v) is 10.3. The third-order valence-electron chi connectivity index (χ3n) is 7.52. The van der Waals surface area contributed by atoms with E-state index in [1.807, 2.05) is 30.3 Å². The Bertz CT molecular complexity index is 1180. The molecule has 2 N–H and O–H groups in total. The van der Waals surface area contributed by atoms with Gasteiger partial charge in [-0.05, 0) is 84.8 Å². The van der Waals surface area contributed by atoms with Gasteiger partial charge in [-0.1, -0.05) is 24.3 Å². The van der Waals surface area contributed by atoms with Crippen molar-refractivity contribution in [2.75, 3.05) is 65.6 Å². The number of aliphatic hydroxyl groups excluding tert-OH is 1. The van der Waals surface area contributed by atoms with Crippen LogP contribution in [0.2, 0.25) is 0 Å². The Morgan fingerprint density at radius 3 is 2.38 bits per heavy atom. The van der Waals surface area contributed by atoms with Crippen LogP contribution in [-0.2, 0) is 24.1 Å². The molecule has 7 nitrogen and oxygen atoms in total. The molecule has 7 heteroatoms. The second-order valence-electron chi connectivity index (χ2n) is 10.3. The van der Waals surface area contributed by atoms with Crippen LogP contribution in [0.5, 0.6) is 17.2 Å². The Kier molecular flexibility index (Phi) is 10.5. The van der Waals surface area contributed by atoms with Crippen molar-refractivity contribution < 1.29 is 24.4 Å². The van der Waals surface area contributed by atoms with E-state index >= 15 is 0 Å². The number of phenols is 1. The maximum atomic E-state index is 9.97. The zero-order valence-electron chi connectivity index (χ0n) is 23.4. The minimum absolute atomic E-state index is 0.0568. The molecule has 0 saturated heterocycles. The van der Waals surface area contributed by atoms with E-state index < -0.39 is 0 Å². The zero-order valence-corrected chi connectivity index (χ0v) is 23.4. The van der Waals surface area contributed by atoms with Crippen LogP contribution in [0.4, 0.5) is 5.69 Å². The van der Waals surface area contributed by atoms with Crippen LogP contribution in [-0.4, -0.2) is 75.8 Å². The summed E-state index contributed by atoms with van der Waals surface area (Å²) in [6, 6.07) is 20.2. The van der Waals surface area contributed by atoms with E-state index in [-0.39, 0.29) is 6.61 Å². The molecule has 39 heavy (non-hydrogen) atoms. The van der Waals surface area contributed by atoms with Gasteiger partial charge in [-0.15, -0.1) is 0 Å². The highest BCUT2D eigenvalue weighted by molar-refractivity contribution is 5.60. The zero-order chi connectivity index (χ0) is 27.6. The van der Waals surface area contributed by atoms with Crippen molar-refractivity contribution in [3.63, 3.8) is 0 Å². The molecule has 1 aliphatic carbocycles. The number of methoxy groups -OCH3 is 2. The number of ether oxygens (including phenoxy) is 3. The fraction of sp³-hybridized carbons (Fsp3) is 0.438. The summed E-state index contributed by atoms with van der Waals surface area (Å²) < 4.78 is 16.7. The highest BCUT2D eigenvalue weighted by Gasteiger charge is 2.25. The summed E-state index contributed by atoms with van der Waals surface area (Å²) in [4.78, 5) is 4.43. The van der Waals surface area contributed by atoms with Crippen LogP contribution < -0.4 is 14.4 Å². The minimum Gasteiger partial charge on any atom is -0.508 e. The van der Waals surface area contributed by atoms with Crippen LogP contribution in [0.15, 0.2) is 60.7 Å². The molecular weight excluding hydrogens is 492 g/mol. The van der Waals surface area contributed by atoms with E-state index in [4.69, 9.17) is 14.2 Å². The molecule has 0 unspecified atom stereocenters. The SMILES string of the molecule is COCCN(C)CCOc1ccc(CN(CCO)c2cc(OC)ccc2[C@@H]2CCc3cc(O)ccc3C2)cc1. The molecule has 0 spiro atoms. The van der Waals surface area contributed by atoms with Crippen molar-refractivity contribution in [1.82, 2.24) is 4.90 Å².